The van der Waals surface area contributed by atoms with Gasteiger partial charge in [-0.1, -0.05) is 30.3 Å². The molecule has 0 saturated heterocycles. The number of para-hydroxylation sites is 3. The van der Waals surface area contributed by atoms with Crippen molar-refractivity contribution in [1.82, 2.24) is 0 Å². The van der Waals surface area contributed by atoms with Crippen molar-refractivity contribution in [3.63, 3.8) is 0 Å². The van der Waals surface area contributed by atoms with E-state index in [4.69, 9.17) is 9.47 Å². The lowest BCUT2D eigenvalue weighted by Crippen LogP contribution is -2.46. The van der Waals surface area contributed by atoms with Crippen LogP contribution >= 0.6 is 0 Å². The van der Waals surface area contributed by atoms with Crippen LogP contribution in [0.25, 0.3) is 0 Å². The normalized spacial score (nSPS) is 20.2. The van der Waals surface area contributed by atoms with Gasteiger partial charge < -0.3 is 14.8 Å². The number of amides is 1. The molecule has 0 unspecified atom stereocenters. The predicted octanol–water partition coefficient (Wildman–Crippen LogP) is 2.85. The summed E-state index contributed by atoms with van der Waals surface area (Å²) in [5, 5.41) is 2.83. The Morgan fingerprint density at radius 3 is 2.25 bits per heavy atom. The number of carbonyl (C=O) groups is 1. The van der Waals surface area contributed by atoms with Crippen LogP contribution in [-0.2, 0) is 4.79 Å². The molecule has 2 atom stereocenters. The van der Waals surface area contributed by atoms with Crippen molar-refractivity contribution in [2.45, 2.75) is 19.1 Å². The lowest BCUT2D eigenvalue weighted by Gasteiger charge is -2.30. The lowest BCUT2D eigenvalue weighted by atomic mass is 10.1. The van der Waals surface area contributed by atoms with Crippen LogP contribution in [0.5, 0.6) is 11.5 Å². The van der Waals surface area contributed by atoms with Gasteiger partial charge >= 0.3 is 0 Å². The number of ether oxygens (including phenoxy) is 2. The first-order valence-corrected chi connectivity index (χ1v) is 6.52. The van der Waals surface area contributed by atoms with Crippen LogP contribution in [-0.4, -0.2) is 18.1 Å². The fourth-order valence-electron chi connectivity index (χ4n) is 2.14. The van der Waals surface area contributed by atoms with E-state index in [9.17, 15) is 4.79 Å². The summed E-state index contributed by atoms with van der Waals surface area (Å²) in [6.07, 6.45) is -1.00. The minimum atomic E-state index is -0.662. The van der Waals surface area contributed by atoms with Gasteiger partial charge in [0.05, 0.1) is 0 Å². The second kappa shape index (κ2) is 5.25. The van der Waals surface area contributed by atoms with Crippen molar-refractivity contribution < 1.29 is 14.3 Å². The average molecular weight is 269 g/mol. The number of benzene rings is 2. The maximum atomic E-state index is 12.3. The van der Waals surface area contributed by atoms with E-state index in [1.165, 1.54) is 0 Å². The molecule has 0 spiro atoms. The fourth-order valence-corrected chi connectivity index (χ4v) is 2.14. The number of hydrogen-bond donors (Lipinski definition) is 1. The Bertz CT molecular complexity index is 612. The Hall–Kier alpha value is -2.49. The van der Waals surface area contributed by atoms with Gasteiger partial charge in [-0.05, 0) is 31.2 Å². The minimum absolute atomic E-state index is 0.210. The van der Waals surface area contributed by atoms with Gasteiger partial charge in [-0.3, -0.25) is 4.79 Å². The van der Waals surface area contributed by atoms with Crippen molar-refractivity contribution in [3.8, 4) is 11.5 Å². The van der Waals surface area contributed by atoms with Crippen molar-refractivity contribution in [1.29, 1.82) is 0 Å². The smallest absolute Gasteiger partial charge is 0.269 e. The van der Waals surface area contributed by atoms with Crippen molar-refractivity contribution in [3.05, 3.63) is 54.6 Å². The monoisotopic (exact) mass is 269 g/mol. The van der Waals surface area contributed by atoms with Gasteiger partial charge in [0.15, 0.2) is 11.5 Å². The Morgan fingerprint density at radius 2 is 1.55 bits per heavy atom. The van der Waals surface area contributed by atoms with Crippen LogP contribution in [0.2, 0.25) is 0 Å². The SMILES string of the molecule is C[C@@H]1Oc2ccccc2O[C@H]1C(=O)Nc1ccccc1. The third-order valence-electron chi connectivity index (χ3n) is 3.14. The van der Waals surface area contributed by atoms with E-state index >= 15 is 0 Å². The zero-order valence-corrected chi connectivity index (χ0v) is 11.1. The van der Waals surface area contributed by atoms with Crippen LogP contribution < -0.4 is 14.8 Å². The van der Waals surface area contributed by atoms with E-state index in [0.29, 0.717) is 11.5 Å². The standard InChI is InChI=1S/C16H15NO3/c1-11-15(16(18)17-12-7-3-2-4-8-12)20-14-10-6-5-9-13(14)19-11/h2-11,15H,1H3,(H,17,18)/t11-,15+/m0/s1. The molecule has 0 radical (unpaired) electrons. The Morgan fingerprint density at radius 1 is 0.950 bits per heavy atom. The van der Waals surface area contributed by atoms with Crippen molar-refractivity contribution >= 4 is 11.6 Å². The molecule has 2 aromatic carbocycles. The summed E-state index contributed by atoms with van der Waals surface area (Å²) in [5.41, 5.74) is 0.743. The Kier molecular flexibility index (Phi) is 3.29. The average Bonchev–Trinajstić information content (AvgIpc) is 2.47. The number of hydrogen-bond acceptors (Lipinski definition) is 3. The lowest BCUT2D eigenvalue weighted by molar-refractivity contribution is -0.128. The molecule has 3 rings (SSSR count). The van der Waals surface area contributed by atoms with Gasteiger partial charge in [-0.2, -0.15) is 0 Å². The molecule has 1 amide bonds. The number of fused-ring (bicyclic) bond motifs is 1. The highest BCUT2D eigenvalue weighted by Crippen LogP contribution is 2.33. The van der Waals surface area contributed by atoms with Crippen molar-refractivity contribution in [2.24, 2.45) is 0 Å². The Labute approximate surface area is 117 Å². The Balaban J connectivity index is 1.76. The quantitative estimate of drug-likeness (QED) is 0.912. The molecule has 4 heteroatoms. The first-order chi connectivity index (χ1) is 9.74. The van der Waals surface area contributed by atoms with E-state index in [1.54, 1.807) is 6.07 Å². The molecule has 102 valence electrons. The molecule has 1 aliphatic heterocycles. The van der Waals surface area contributed by atoms with Crippen LogP contribution in [0, 0.1) is 0 Å². The molecule has 20 heavy (non-hydrogen) atoms. The molecule has 1 heterocycles. The summed E-state index contributed by atoms with van der Waals surface area (Å²) in [5.74, 6) is 1.06. The molecule has 4 nitrogen and oxygen atoms in total. The summed E-state index contributed by atoms with van der Waals surface area (Å²) < 4.78 is 11.5. The molecule has 0 aromatic heterocycles. The first kappa shape index (κ1) is 12.5. The molecule has 2 aromatic rings. The minimum Gasteiger partial charge on any atom is -0.482 e. The summed E-state index contributed by atoms with van der Waals surface area (Å²) in [4.78, 5) is 12.3. The number of carbonyl (C=O) groups excluding carboxylic acids is 1. The molecule has 0 saturated carbocycles. The third-order valence-corrected chi connectivity index (χ3v) is 3.14. The van der Waals surface area contributed by atoms with E-state index < -0.39 is 6.10 Å². The second-order valence-electron chi connectivity index (χ2n) is 4.66. The summed E-state index contributed by atoms with van der Waals surface area (Å²) in [6, 6.07) is 16.7. The second-order valence-corrected chi connectivity index (χ2v) is 4.66. The molecule has 1 aliphatic rings. The highest BCUT2D eigenvalue weighted by atomic mass is 16.6. The van der Waals surface area contributed by atoms with E-state index in [-0.39, 0.29) is 12.0 Å². The highest BCUT2D eigenvalue weighted by Gasteiger charge is 2.33. The zero-order valence-electron chi connectivity index (χ0n) is 11.1. The topological polar surface area (TPSA) is 47.6 Å². The largest absolute Gasteiger partial charge is 0.482 e. The van der Waals surface area contributed by atoms with Crippen molar-refractivity contribution in [2.75, 3.05) is 5.32 Å². The van der Waals surface area contributed by atoms with E-state index in [2.05, 4.69) is 5.32 Å². The van der Waals surface area contributed by atoms with E-state index in [1.807, 2.05) is 55.5 Å². The maximum absolute atomic E-state index is 12.3. The molecule has 0 fully saturated rings. The van der Waals surface area contributed by atoms with Gasteiger partial charge in [0.25, 0.3) is 5.91 Å². The molecular weight excluding hydrogens is 254 g/mol. The van der Waals surface area contributed by atoms with Crippen LogP contribution in [0.1, 0.15) is 6.92 Å². The number of rotatable bonds is 2. The number of anilines is 1. The molecule has 0 bridgehead atoms. The van der Waals surface area contributed by atoms with Crippen LogP contribution in [0.3, 0.4) is 0 Å². The van der Waals surface area contributed by atoms with Crippen LogP contribution in [0.4, 0.5) is 5.69 Å². The molecular formula is C16H15NO3. The van der Waals surface area contributed by atoms with E-state index in [0.717, 1.165) is 5.69 Å². The third kappa shape index (κ3) is 2.45. The van der Waals surface area contributed by atoms with Crippen LogP contribution in [0.15, 0.2) is 54.6 Å². The summed E-state index contributed by atoms with van der Waals surface area (Å²) in [7, 11) is 0. The molecule has 1 N–H and O–H groups in total. The molecule has 0 aliphatic carbocycles. The highest BCUT2D eigenvalue weighted by molar-refractivity contribution is 5.95. The summed E-state index contributed by atoms with van der Waals surface area (Å²) >= 11 is 0. The maximum Gasteiger partial charge on any atom is 0.269 e. The zero-order chi connectivity index (χ0) is 13.9. The van der Waals surface area contributed by atoms with Gasteiger partial charge in [0, 0.05) is 5.69 Å². The summed E-state index contributed by atoms with van der Waals surface area (Å²) in [6.45, 7) is 1.82. The predicted molar refractivity (Wildman–Crippen MR) is 76.0 cm³/mol. The van der Waals surface area contributed by atoms with Gasteiger partial charge in [-0.15, -0.1) is 0 Å². The van der Waals surface area contributed by atoms with Gasteiger partial charge in [0.1, 0.15) is 6.10 Å². The number of nitrogens with one attached hydrogen (secondary N) is 1. The first-order valence-electron chi connectivity index (χ1n) is 6.52. The van der Waals surface area contributed by atoms with Gasteiger partial charge in [-0.25, -0.2) is 0 Å². The van der Waals surface area contributed by atoms with Gasteiger partial charge in [0.2, 0.25) is 6.10 Å². The fraction of sp³-hybridized carbons (Fsp3) is 0.188.